The van der Waals surface area contributed by atoms with Crippen LogP contribution in [0.5, 0.6) is 0 Å². The zero-order chi connectivity index (χ0) is 13.1. The molecule has 0 aliphatic carbocycles. The fourth-order valence-corrected chi connectivity index (χ4v) is 2.65. The maximum atomic E-state index is 12.2. The highest BCUT2D eigenvalue weighted by Crippen LogP contribution is 2.15. The molecule has 5 nitrogen and oxygen atoms in total. The van der Waals surface area contributed by atoms with Crippen molar-refractivity contribution in [2.45, 2.75) is 13.0 Å². The number of β-amino-alcohol motifs (C(OH)–C–C–N with tert-alkyl or cyclic N) is 1. The van der Waals surface area contributed by atoms with E-state index >= 15 is 0 Å². The smallest absolute Gasteiger partial charge is 0.270 e. The summed E-state index contributed by atoms with van der Waals surface area (Å²) in [6.07, 6.45) is 1.76. The maximum Gasteiger partial charge on any atom is 0.270 e. The van der Waals surface area contributed by atoms with Gasteiger partial charge in [-0.3, -0.25) is 9.69 Å². The number of carbonyl (C=O) groups excluding carboxylic acids is 1. The summed E-state index contributed by atoms with van der Waals surface area (Å²) in [5.74, 6) is 0.0381. The van der Waals surface area contributed by atoms with Crippen LogP contribution in [0.25, 0.3) is 0 Å². The van der Waals surface area contributed by atoms with E-state index in [1.807, 2.05) is 4.90 Å². The number of aromatic nitrogens is 1. The van der Waals surface area contributed by atoms with Crippen molar-refractivity contribution in [3.63, 3.8) is 0 Å². The molecule has 100 valence electrons. The van der Waals surface area contributed by atoms with Gasteiger partial charge in [-0.25, -0.2) is 0 Å². The third kappa shape index (κ3) is 2.93. The molecule has 0 saturated carbocycles. The topological polar surface area (TPSA) is 59.6 Å². The number of aliphatic hydroxyl groups is 1. The van der Waals surface area contributed by atoms with Crippen LogP contribution in [-0.2, 0) is 0 Å². The van der Waals surface area contributed by atoms with E-state index < -0.39 is 0 Å². The van der Waals surface area contributed by atoms with Gasteiger partial charge in [0.05, 0.1) is 6.61 Å². The molecule has 0 bridgehead atoms. The number of H-pyrrole nitrogens is 1. The Morgan fingerprint density at radius 1 is 1.61 bits per heavy atom. The van der Waals surface area contributed by atoms with Crippen molar-refractivity contribution in [1.82, 2.24) is 14.8 Å². The molecule has 1 aliphatic rings. The van der Waals surface area contributed by atoms with E-state index in [4.69, 9.17) is 5.11 Å². The summed E-state index contributed by atoms with van der Waals surface area (Å²) in [5.41, 5.74) is 0.615. The molecule has 1 aromatic rings. The lowest BCUT2D eigenvalue weighted by atomic mass is 10.2. The number of carbonyl (C=O) groups is 1. The van der Waals surface area contributed by atoms with Crippen LogP contribution in [0.3, 0.4) is 0 Å². The lowest BCUT2D eigenvalue weighted by Gasteiger charge is -2.39. The molecule has 1 amide bonds. The van der Waals surface area contributed by atoms with Crippen LogP contribution in [0.1, 0.15) is 17.4 Å². The number of rotatable bonds is 3. The normalized spacial score (nSPS) is 21.3. The number of nitrogens with one attached hydrogen (secondary N) is 1. The second-order valence-corrected chi connectivity index (χ2v) is 5.51. The van der Waals surface area contributed by atoms with E-state index in [0.29, 0.717) is 25.3 Å². The summed E-state index contributed by atoms with van der Waals surface area (Å²) in [4.78, 5) is 19.3. The number of hydrogen-bond donors (Lipinski definition) is 2. The van der Waals surface area contributed by atoms with Gasteiger partial charge in [-0.1, -0.05) is 0 Å². The summed E-state index contributed by atoms with van der Waals surface area (Å²) in [6.45, 7) is 5.16. The Bertz CT molecular complexity index is 421. The summed E-state index contributed by atoms with van der Waals surface area (Å²) < 4.78 is 0.887. The second-order valence-electron chi connectivity index (χ2n) is 4.59. The van der Waals surface area contributed by atoms with Crippen LogP contribution in [0.15, 0.2) is 16.7 Å². The van der Waals surface area contributed by atoms with E-state index in [2.05, 4.69) is 32.7 Å². The molecular formula is C12H18BrN3O2. The average molecular weight is 316 g/mol. The number of halogens is 1. The van der Waals surface area contributed by atoms with Crippen LogP contribution < -0.4 is 0 Å². The highest BCUT2D eigenvalue weighted by Gasteiger charge is 2.27. The molecule has 18 heavy (non-hydrogen) atoms. The molecule has 2 N–H and O–H groups in total. The molecular weight excluding hydrogens is 298 g/mol. The quantitative estimate of drug-likeness (QED) is 0.872. The van der Waals surface area contributed by atoms with Gasteiger partial charge in [0.15, 0.2) is 0 Å². The molecule has 1 atom stereocenters. The molecule has 2 rings (SSSR count). The van der Waals surface area contributed by atoms with Crippen molar-refractivity contribution in [2.24, 2.45) is 0 Å². The standard InChI is InChI=1S/C12H18BrN3O2/c1-9-8-16(3-2-15(9)4-5-17)12(18)11-6-10(13)7-14-11/h6-7,9,14,17H,2-5,8H2,1H3. The van der Waals surface area contributed by atoms with Gasteiger partial charge in [-0.2, -0.15) is 0 Å². The molecule has 1 saturated heterocycles. The summed E-state index contributed by atoms with van der Waals surface area (Å²) in [7, 11) is 0. The first kappa shape index (κ1) is 13.6. The van der Waals surface area contributed by atoms with Crippen molar-refractivity contribution in [3.8, 4) is 0 Å². The fourth-order valence-electron chi connectivity index (χ4n) is 2.30. The van der Waals surface area contributed by atoms with E-state index in [1.165, 1.54) is 0 Å². The lowest BCUT2D eigenvalue weighted by Crippen LogP contribution is -2.54. The van der Waals surface area contributed by atoms with E-state index in [-0.39, 0.29) is 18.6 Å². The predicted molar refractivity (Wildman–Crippen MR) is 72.5 cm³/mol. The highest BCUT2D eigenvalue weighted by atomic mass is 79.9. The first-order valence-corrected chi connectivity index (χ1v) is 6.89. The van der Waals surface area contributed by atoms with Crippen LogP contribution in [0.2, 0.25) is 0 Å². The van der Waals surface area contributed by atoms with Gasteiger partial charge in [0.25, 0.3) is 5.91 Å². The number of amides is 1. The van der Waals surface area contributed by atoms with Crippen LogP contribution >= 0.6 is 15.9 Å². The minimum atomic E-state index is 0.0381. The second kappa shape index (κ2) is 5.86. The van der Waals surface area contributed by atoms with Crippen molar-refractivity contribution < 1.29 is 9.90 Å². The van der Waals surface area contributed by atoms with Gasteiger partial charge in [0.2, 0.25) is 0 Å². The molecule has 1 fully saturated rings. The lowest BCUT2D eigenvalue weighted by molar-refractivity contribution is 0.0466. The molecule has 0 aromatic carbocycles. The maximum absolute atomic E-state index is 12.2. The van der Waals surface area contributed by atoms with Crippen LogP contribution in [-0.4, -0.2) is 64.6 Å². The third-order valence-corrected chi connectivity index (χ3v) is 3.78. The number of hydrogen-bond acceptors (Lipinski definition) is 3. The van der Waals surface area contributed by atoms with E-state index in [9.17, 15) is 4.79 Å². The van der Waals surface area contributed by atoms with Gasteiger partial charge in [0.1, 0.15) is 5.69 Å². The Hall–Kier alpha value is -0.850. The van der Waals surface area contributed by atoms with E-state index in [1.54, 1.807) is 12.3 Å². The number of piperazine rings is 1. The van der Waals surface area contributed by atoms with Crippen molar-refractivity contribution in [1.29, 1.82) is 0 Å². The Morgan fingerprint density at radius 2 is 2.39 bits per heavy atom. The minimum absolute atomic E-state index is 0.0381. The van der Waals surface area contributed by atoms with Crippen LogP contribution in [0, 0.1) is 0 Å². The Labute approximate surface area is 115 Å². The van der Waals surface area contributed by atoms with Gasteiger partial charge in [-0.05, 0) is 28.9 Å². The third-order valence-electron chi connectivity index (χ3n) is 3.32. The number of aliphatic hydroxyl groups excluding tert-OH is 1. The zero-order valence-corrected chi connectivity index (χ0v) is 12.0. The summed E-state index contributed by atoms with van der Waals surface area (Å²) >= 11 is 3.33. The first-order valence-electron chi connectivity index (χ1n) is 6.10. The molecule has 2 heterocycles. The predicted octanol–water partition coefficient (Wildman–Crippen LogP) is 0.916. The minimum Gasteiger partial charge on any atom is -0.395 e. The van der Waals surface area contributed by atoms with Crippen molar-refractivity contribution >= 4 is 21.8 Å². The summed E-state index contributed by atoms with van der Waals surface area (Å²) in [5, 5.41) is 8.96. The molecule has 6 heteroatoms. The van der Waals surface area contributed by atoms with Gasteiger partial charge in [0, 0.05) is 42.9 Å². The van der Waals surface area contributed by atoms with Crippen molar-refractivity contribution in [3.05, 3.63) is 22.4 Å². The largest absolute Gasteiger partial charge is 0.395 e. The highest BCUT2D eigenvalue weighted by molar-refractivity contribution is 9.10. The van der Waals surface area contributed by atoms with Crippen molar-refractivity contribution in [2.75, 3.05) is 32.8 Å². The van der Waals surface area contributed by atoms with E-state index in [0.717, 1.165) is 11.0 Å². The van der Waals surface area contributed by atoms with Gasteiger partial charge >= 0.3 is 0 Å². The van der Waals surface area contributed by atoms with Crippen LogP contribution in [0.4, 0.5) is 0 Å². The number of aromatic amines is 1. The molecule has 0 spiro atoms. The average Bonchev–Trinajstić information content (AvgIpc) is 2.78. The molecule has 1 unspecified atom stereocenters. The Kier molecular flexibility index (Phi) is 4.42. The zero-order valence-electron chi connectivity index (χ0n) is 10.4. The Morgan fingerprint density at radius 3 is 2.94 bits per heavy atom. The monoisotopic (exact) mass is 315 g/mol. The Balaban J connectivity index is 1.98. The first-order chi connectivity index (χ1) is 8.61. The summed E-state index contributed by atoms with van der Waals surface area (Å²) in [6, 6.07) is 2.08. The molecule has 1 aromatic heterocycles. The fraction of sp³-hybridized carbons (Fsp3) is 0.583. The molecule has 1 aliphatic heterocycles. The SMILES string of the molecule is CC1CN(C(=O)c2cc(Br)c[nH]2)CCN1CCO. The number of nitrogens with zero attached hydrogens (tertiary/aromatic N) is 2. The molecule has 0 radical (unpaired) electrons. The van der Waals surface area contributed by atoms with Gasteiger partial charge < -0.3 is 15.0 Å². The van der Waals surface area contributed by atoms with Gasteiger partial charge in [-0.15, -0.1) is 0 Å².